The maximum atomic E-state index is 12.3. The van der Waals surface area contributed by atoms with Crippen LogP contribution in [0.4, 0.5) is 0 Å². The Morgan fingerprint density at radius 3 is 1.03 bits per heavy atom. The number of carbonyl (C=O) groups is 2. The Bertz CT molecular complexity index is 924. The lowest BCUT2D eigenvalue weighted by molar-refractivity contribution is -0.161. The lowest BCUT2D eigenvalue weighted by atomic mass is 10.0. The molecule has 0 radical (unpaired) electrons. The van der Waals surface area contributed by atoms with Crippen molar-refractivity contribution in [2.45, 2.75) is 277 Å². The van der Waals surface area contributed by atoms with Gasteiger partial charge in [0, 0.05) is 12.8 Å². The maximum Gasteiger partial charge on any atom is 0.306 e. The minimum atomic E-state index is -0.768. The molecule has 1 unspecified atom stereocenters. The molecule has 340 valence electrons. The summed E-state index contributed by atoms with van der Waals surface area (Å²) in [5.41, 5.74) is 0. The van der Waals surface area contributed by atoms with Crippen LogP contribution in [0.2, 0.25) is 0 Å². The molecule has 0 fully saturated rings. The van der Waals surface area contributed by atoms with Gasteiger partial charge < -0.3 is 14.6 Å². The Kier molecular flexibility index (Phi) is 47.9. The maximum absolute atomic E-state index is 12.3. The largest absolute Gasteiger partial charge is 0.462 e. The fourth-order valence-corrected chi connectivity index (χ4v) is 7.56. The van der Waals surface area contributed by atoms with Gasteiger partial charge in [0.1, 0.15) is 6.61 Å². The summed E-state index contributed by atoms with van der Waals surface area (Å²) in [4.78, 5) is 24.4. The highest BCUT2D eigenvalue weighted by atomic mass is 16.6. The van der Waals surface area contributed by atoms with Crippen molar-refractivity contribution in [3.63, 3.8) is 0 Å². The van der Waals surface area contributed by atoms with Crippen molar-refractivity contribution in [3.8, 4) is 0 Å². The fraction of sp³-hybridized carbons (Fsp3) is 0.849. The van der Waals surface area contributed by atoms with Crippen LogP contribution in [-0.4, -0.2) is 36.4 Å². The summed E-state index contributed by atoms with van der Waals surface area (Å²) in [6.07, 6.45) is 62.4. The van der Waals surface area contributed by atoms with Gasteiger partial charge in [-0.05, 0) is 51.4 Å². The molecule has 0 amide bonds. The van der Waals surface area contributed by atoms with Crippen LogP contribution < -0.4 is 0 Å². The van der Waals surface area contributed by atoms with Crippen molar-refractivity contribution in [3.05, 3.63) is 36.5 Å². The summed E-state index contributed by atoms with van der Waals surface area (Å²) in [6.45, 7) is 4.16. The monoisotopic (exact) mass is 815 g/mol. The molecule has 5 nitrogen and oxygen atoms in total. The summed E-state index contributed by atoms with van der Waals surface area (Å²) in [5.74, 6) is -0.578. The highest BCUT2D eigenvalue weighted by molar-refractivity contribution is 5.70. The smallest absolute Gasteiger partial charge is 0.306 e. The molecule has 0 spiro atoms. The van der Waals surface area contributed by atoms with E-state index in [1.807, 2.05) is 0 Å². The van der Waals surface area contributed by atoms with E-state index in [9.17, 15) is 14.7 Å². The van der Waals surface area contributed by atoms with E-state index in [0.29, 0.717) is 12.8 Å². The number of allylic oxidation sites excluding steroid dienone is 6. The van der Waals surface area contributed by atoms with Crippen molar-refractivity contribution in [1.82, 2.24) is 0 Å². The van der Waals surface area contributed by atoms with Crippen molar-refractivity contribution < 1.29 is 24.2 Å². The van der Waals surface area contributed by atoms with Crippen LogP contribution in [0, 0.1) is 0 Å². The van der Waals surface area contributed by atoms with Crippen LogP contribution >= 0.6 is 0 Å². The van der Waals surface area contributed by atoms with Crippen molar-refractivity contribution in [2.24, 2.45) is 0 Å². The van der Waals surface area contributed by atoms with E-state index in [-0.39, 0.29) is 25.2 Å². The number of aliphatic hydroxyl groups is 1. The lowest BCUT2D eigenvalue weighted by Crippen LogP contribution is -2.28. The number of esters is 2. The summed E-state index contributed by atoms with van der Waals surface area (Å²) >= 11 is 0. The zero-order chi connectivity index (χ0) is 42.1. The summed E-state index contributed by atoms with van der Waals surface area (Å²) < 4.78 is 10.7. The SMILES string of the molecule is CCCCCCC/C=C\C/C=C\C/C=C\CCCCCCCCCCCCCCCCC(=O)OC(CO)COC(=O)CCCCCCCCCCCCCCCCC. The fourth-order valence-electron chi connectivity index (χ4n) is 7.56. The van der Waals surface area contributed by atoms with Crippen molar-refractivity contribution >= 4 is 11.9 Å². The second-order valence-electron chi connectivity index (χ2n) is 17.3. The molecule has 0 heterocycles. The van der Waals surface area contributed by atoms with Crippen LogP contribution in [-0.2, 0) is 19.1 Å². The van der Waals surface area contributed by atoms with Crippen LogP contribution in [0.25, 0.3) is 0 Å². The zero-order valence-corrected chi connectivity index (χ0v) is 38.8. The van der Waals surface area contributed by atoms with Gasteiger partial charge in [-0.25, -0.2) is 0 Å². The minimum Gasteiger partial charge on any atom is -0.462 e. The van der Waals surface area contributed by atoms with E-state index in [0.717, 1.165) is 51.4 Å². The first kappa shape index (κ1) is 56.1. The van der Waals surface area contributed by atoms with Crippen molar-refractivity contribution in [1.29, 1.82) is 0 Å². The van der Waals surface area contributed by atoms with Crippen LogP contribution in [0.1, 0.15) is 271 Å². The standard InChI is InChI=1S/C53H98O5/c1-3-5-7-9-11-13-15-17-19-20-21-22-23-24-25-26-27-28-29-30-31-32-34-36-38-40-42-44-46-48-53(56)58-51(49-54)50-57-52(55)47-45-43-41-39-37-35-33-18-16-14-12-10-8-6-4-2/h15,17,20-21,23-24,51,54H,3-14,16,18-19,22,25-50H2,1-2H3/b17-15-,21-20-,24-23-. The summed E-state index contributed by atoms with van der Waals surface area (Å²) in [6, 6.07) is 0. The molecule has 0 aliphatic carbocycles. The molecular weight excluding hydrogens is 717 g/mol. The Labute approximate surface area is 361 Å². The second-order valence-corrected chi connectivity index (χ2v) is 17.3. The van der Waals surface area contributed by atoms with Gasteiger partial charge in [0.25, 0.3) is 0 Å². The first-order valence-corrected chi connectivity index (χ1v) is 25.5. The molecule has 0 aliphatic heterocycles. The molecule has 5 heteroatoms. The van der Waals surface area contributed by atoms with Gasteiger partial charge in [-0.3, -0.25) is 9.59 Å². The Hall–Kier alpha value is -1.88. The van der Waals surface area contributed by atoms with Crippen LogP contribution in [0.5, 0.6) is 0 Å². The van der Waals surface area contributed by atoms with Gasteiger partial charge in [-0.1, -0.05) is 243 Å². The number of aliphatic hydroxyl groups excluding tert-OH is 1. The number of ether oxygens (including phenoxy) is 2. The molecule has 0 saturated heterocycles. The number of rotatable bonds is 47. The molecule has 0 bridgehead atoms. The van der Waals surface area contributed by atoms with Gasteiger partial charge in [0.2, 0.25) is 0 Å². The molecule has 0 aliphatic rings. The van der Waals surface area contributed by atoms with E-state index >= 15 is 0 Å². The highest BCUT2D eigenvalue weighted by Gasteiger charge is 2.16. The summed E-state index contributed by atoms with van der Waals surface area (Å²) in [5, 5.41) is 9.61. The number of unbranched alkanes of at least 4 members (excludes halogenated alkanes) is 33. The third kappa shape index (κ3) is 46.8. The molecule has 0 aromatic carbocycles. The first-order chi connectivity index (χ1) is 28.6. The average molecular weight is 815 g/mol. The Morgan fingerprint density at radius 1 is 0.397 bits per heavy atom. The molecule has 1 atom stereocenters. The van der Waals surface area contributed by atoms with Gasteiger partial charge in [0.05, 0.1) is 6.61 Å². The number of hydrogen-bond donors (Lipinski definition) is 1. The molecule has 0 rings (SSSR count). The van der Waals surface area contributed by atoms with E-state index in [1.54, 1.807) is 0 Å². The average Bonchev–Trinajstić information content (AvgIpc) is 3.23. The summed E-state index contributed by atoms with van der Waals surface area (Å²) in [7, 11) is 0. The minimum absolute atomic E-state index is 0.0613. The Morgan fingerprint density at radius 2 is 0.690 bits per heavy atom. The predicted molar refractivity (Wildman–Crippen MR) is 251 cm³/mol. The number of carbonyl (C=O) groups excluding carboxylic acids is 2. The number of hydrogen-bond acceptors (Lipinski definition) is 5. The third-order valence-corrected chi connectivity index (χ3v) is 11.4. The zero-order valence-electron chi connectivity index (χ0n) is 38.8. The quantitative estimate of drug-likeness (QED) is 0.0376. The predicted octanol–water partition coefficient (Wildman–Crippen LogP) is 16.7. The first-order valence-electron chi connectivity index (χ1n) is 25.5. The van der Waals surface area contributed by atoms with E-state index in [1.165, 1.54) is 193 Å². The third-order valence-electron chi connectivity index (χ3n) is 11.4. The Balaban J connectivity index is 3.46. The van der Waals surface area contributed by atoms with Gasteiger partial charge in [-0.15, -0.1) is 0 Å². The van der Waals surface area contributed by atoms with Gasteiger partial charge in [0.15, 0.2) is 6.10 Å². The second kappa shape index (κ2) is 49.5. The topological polar surface area (TPSA) is 72.8 Å². The van der Waals surface area contributed by atoms with E-state index < -0.39 is 6.10 Å². The molecule has 0 saturated carbocycles. The van der Waals surface area contributed by atoms with Crippen LogP contribution in [0.15, 0.2) is 36.5 Å². The molecular formula is C53H98O5. The van der Waals surface area contributed by atoms with E-state index in [2.05, 4.69) is 50.3 Å². The van der Waals surface area contributed by atoms with Crippen LogP contribution in [0.3, 0.4) is 0 Å². The molecule has 0 aromatic rings. The van der Waals surface area contributed by atoms with E-state index in [4.69, 9.17) is 9.47 Å². The molecule has 58 heavy (non-hydrogen) atoms. The van der Waals surface area contributed by atoms with Gasteiger partial charge >= 0.3 is 11.9 Å². The van der Waals surface area contributed by atoms with Gasteiger partial charge in [-0.2, -0.15) is 0 Å². The highest BCUT2D eigenvalue weighted by Crippen LogP contribution is 2.16. The lowest BCUT2D eigenvalue weighted by Gasteiger charge is -2.15. The van der Waals surface area contributed by atoms with Crippen molar-refractivity contribution in [2.75, 3.05) is 13.2 Å². The molecule has 1 N–H and O–H groups in total. The molecule has 0 aromatic heterocycles. The normalized spacial score (nSPS) is 12.4.